The molecule has 0 fully saturated rings. The number of nitrogens with zero attached hydrogens (tertiary/aromatic N) is 1. The molecule has 2 N–H and O–H groups in total. The number of aryl methyl sites for hydroxylation is 2. The fraction of sp³-hybridized carbons (Fsp3) is 0.200. The lowest BCUT2D eigenvalue weighted by molar-refractivity contribution is 0.0601. The van der Waals surface area contributed by atoms with Crippen LogP contribution in [0.1, 0.15) is 21.5 Å². The Morgan fingerprint density at radius 3 is 2.43 bits per heavy atom. The molecular weight excluding hydrogens is 292 g/mol. The van der Waals surface area contributed by atoms with E-state index in [0.29, 0.717) is 10.8 Å². The van der Waals surface area contributed by atoms with Gasteiger partial charge in [0.2, 0.25) is 5.88 Å². The molecule has 0 radical (unpaired) electrons. The highest BCUT2D eigenvalue weighted by atomic mass is 35.5. The molecule has 2 aromatic rings. The lowest BCUT2D eigenvalue weighted by Crippen LogP contribution is -2.06. The van der Waals surface area contributed by atoms with E-state index in [1.807, 2.05) is 13.8 Å². The molecule has 1 aromatic heterocycles. The van der Waals surface area contributed by atoms with Crippen LogP contribution in [0.4, 0.5) is 5.69 Å². The predicted molar refractivity (Wildman–Crippen MR) is 81.0 cm³/mol. The Hall–Kier alpha value is -2.27. The second-order valence-corrected chi connectivity index (χ2v) is 4.95. The number of halogens is 1. The van der Waals surface area contributed by atoms with Gasteiger partial charge in [0.25, 0.3) is 0 Å². The predicted octanol–water partition coefficient (Wildman–Crippen LogP) is 3.51. The first-order valence-corrected chi connectivity index (χ1v) is 6.58. The maximum absolute atomic E-state index is 11.6. The zero-order valence-corrected chi connectivity index (χ0v) is 12.7. The molecule has 110 valence electrons. The number of esters is 1. The average molecular weight is 307 g/mol. The summed E-state index contributed by atoms with van der Waals surface area (Å²) in [6.07, 6.45) is 1.36. The minimum atomic E-state index is -0.539. The molecule has 0 saturated carbocycles. The molecule has 0 aliphatic rings. The largest absolute Gasteiger partial charge is 0.465 e. The third kappa shape index (κ3) is 3.25. The summed E-state index contributed by atoms with van der Waals surface area (Å²) in [6, 6.07) is 5.04. The standard InChI is InChI=1S/C15H15ClN2O3/c1-8-4-10(5-9(2)14(8)16)21-13-6-11(15(19)20-3)12(17)7-18-13/h4-7H,17H2,1-3H3. The number of hydrogen-bond acceptors (Lipinski definition) is 5. The van der Waals surface area contributed by atoms with Crippen LogP contribution in [-0.2, 0) is 4.74 Å². The van der Waals surface area contributed by atoms with Crippen molar-refractivity contribution < 1.29 is 14.3 Å². The highest BCUT2D eigenvalue weighted by Gasteiger charge is 2.13. The van der Waals surface area contributed by atoms with Gasteiger partial charge in [-0.05, 0) is 37.1 Å². The number of carbonyl (C=O) groups is 1. The number of hydrogen-bond donors (Lipinski definition) is 1. The summed E-state index contributed by atoms with van der Waals surface area (Å²) in [5, 5.41) is 0.697. The van der Waals surface area contributed by atoms with Gasteiger partial charge >= 0.3 is 5.97 Å². The molecule has 0 amide bonds. The fourth-order valence-corrected chi connectivity index (χ4v) is 1.98. The topological polar surface area (TPSA) is 74.4 Å². The SMILES string of the molecule is COC(=O)c1cc(Oc2cc(C)c(Cl)c(C)c2)ncc1N. The molecule has 6 heteroatoms. The van der Waals surface area contributed by atoms with Crippen LogP contribution in [0.25, 0.3) is 0 Å². The summed E-state index contributed by atoms with van der Waals surface area (Å²) < 4.78 is 10.3. The van der Waals surface area contributed by atoms with Crippen LogP contribution in [0, 0.1) is 13.8 Å². The number of ether oxygens (including phenoxy) is 2. The number of aromatic nitrogens is 1. The van der Waals surface area contributed by atoms with Crippen molar-refractivity contribution >= 4 is 23.3 Å². The smallest absolute Gasteiger partial charge is 0.340 e. The summed E-state index contributed by atoms with van der Waals surface area (Å²) >= 11 is 6.11. The lowest BCUT2D eigenvalue weighted by atomic mass is 10.1. The van der Waals surface area contributed by atoms with Crippen LogP contribution in [0.3, 0.4) is 0 Å². The van der Waals surface area contributed by atoms with Crippen molar-refractivity contribution in [3.63, 3.8) is 0 Å². The van der Waals surface area contributed by atoms with E-state index in [9.17, 15) is 4.79 Å². The van der Waals surface area contributed by atoms with E-state index in [4.69, 9.17) is 22.1 Å². The number of benzene rings is 1. The zero-order chi connectivity index (χ0) is 15.6. The molecule has 0 aliphatic heterocycles. The van der Waals surface area contributed by atoms with Crippen LogP contribution >= 0.6 is 11.6 Å². The monoisotopic (exact) mass is 306 g/mol. The zero-order valence-electron chi connectivity index (χ0n) is 11.9. The maximum Gasteiger partial charge on any atom is 0.340 e. The molecule has 0 atom stereocenters. The van der Waals surface area contributed by atoms with Crippen LogP contribution < -0.4 is 10.5 Å². The first-order chi connectivity index (χ1) is 9.92. The molecule has 1 aromatic carbocycles. The second-order valence-electron chi connectivity index (χ2n) is 4.57. The van der Waals surface area contributed by atoms with Gasteiger partial charge in [-0.15, -0.1) is 0 Å². The third-order valence-corrected chi connectivity index (χ3v) is 3.54. The van der Waals surface area contributed by atoms with Gasteiger partial charge in [0.15, 0.2) is 0 Å². The number of nitrogens with two attached hydrogens (primary N) is 1. The van der Waals surface area contributed by atoms with Crippen molar-refractivity contribution in [2.24, 2.45) is 0 Å². The van der Waals surface area contributed by atoms with Crippen molar-refractivity contribution in [1.82, 2.24) is 4.98 Å². The highest BCUT2D eigenvalue weighted by molar-refractivity contribution is 6.32. The Morgan fingerprint density at radius 1 is 1.24 bits per heavy atom. The number of anilines is 1. The molecule has 1 heterocycles. The molecule has 0 unspecified atom stereocenters. The van der Waals surface area contributed by atoms with Crippen LogP contribution in [0.5, 0.6) is 11.6 Å². The van der Waals surface area contributed by atoms with Crippen LogP contribution in [-0.4, -0.2) is 18.1 Å². The Bertz CT molecular complexity index is 678. The second kappa shape index (κ2) is 6.01. The van der Waals surface area contributed by atoms with E-state index in [-0.39, 0.29) is 17.1 Å². The maximum atomic E-state index is 11.6. The quantitative estimate of drug-likeness (QED) is 0.878. The summed E-state index contributed by atoms with van der Waals surface area (Å²) in [4.78, 5) is 15.6. The van der Waals surface area contributed by atoms with Crippen LogP contribution in [0.15, 0.2) is 24.4 Å². The van der Waals surface area contributed by atoms with Gasteiger partial charge in [-0.2, -0.15) is 0 Å². The molecule has 21 heavy (non-hydrogen) atoms. The van der Waals surface area contributed by atoms with Crippen molar-refractivity contribution in [2.45, 2.75) is 13.8 Å². The molecular formula is C15H15ClN2O3. The van der Waals surface area contributed by atoms with Gasteiger partial charge in [0.05, 0.1) is 24.6 Å². The molecule has 0 bridgehead atoms. The summed E-state index contributed by atoms with van der Waals surface area (Å²) in [5.41, 5.74) is 7.93. The number of carbonyl (C=O) groups excluding carboxylic acids is 1. The minimum absolute atomic E-state index is 0.213. The van der Waals surface area contributed by atoms with Crippen molar-refractivity contribution in [1.29, 1.82) is 0 Å². The van der Waals surface area contributed by atoms with Gasteiger partial charge in [-0.25, -0.2) is 9.78 Å². The number of rotatable bonds is 3. The molecule has 0 saturated heterocycles. The summed E-state index contributed by atoms with van der Waals surface area (Å²) in [7, 11) is 1.29. The lowest BCUT2D eigenvalue weighted by Gasteiger charge is -2.10. The summed E-state index contributed by atoms with van der Waals surface area (Å²) in [6.45, 7) is 3.77. The van der Waals surface area contributed by atoms with Gasteiger partial charge in [-0.3, -0.25) is 0 Å². The Morgan fingerprint density at radius 2 is 1.86 bits per heavy atom. The molecule has 5 nitrogen and oxygen atoms in total. The van der Waals surface area contributed by atoms with Gasteiger partial charge < -0.3 is 15.2 Å². The fourth-order valence-electron chi connectivity index (χ4n) is 1.88. The van der Waals surface area contributed by atoms with Crippen molar-refractivity contribution in [3.05, 3.63) is 46.1 Å². The van der Waals surface area contributed by atoms with Gasteiger partial charge in [0.1, 0.15) is 5.75 Å². The number of pyridine rings is 1. The van der Waals surface area contributed by atoms with Crippen molar-refractivity contribution in [3.8, 4) is 11.6 Å². The number of nitrogen functional groups attached to an aromatic ring is 1. The molecule has 2 rings (SSSR count). The van der Waals surface area contributed by atoms with E-state index >= 15 is 0 Å². The average Bonchev–Trinajstić information content (AvgIpc) is 2.46. The normalized spacial score (nSPS) is 10.3. The van der Waals surface area contributed by atoms with Crippen LogP contribution in [0.2, 0.25) is 5.02 Å². The summed E-state index contributed by atoms with van der Waals surface area (Å²) in [5.74, 6) is 0.302. The Labute approximate surface area is 127 Å². The van der Waals surface area contributed by atoms with E-state index in [2.05, 4.69) is 9.72 Å². The van der Waals surface area contributed by atoms with E-state index in [1.165, 1.54) is 19.4 Å². The van der Waals surface area contributed by atoms with Gasteiger partial charge in [-0.1, -0.05) is 11.6 Å². The first kappa shape index (κ1) is 15.1. The van der Waals surface area contributed by atoms with E-state index < -0.39 is 5.97 Å². The van der Waals surface area contributed by atoms with E-state index in [0.717, 1.165) is 11.1 Å². The Kier molecular flexibility index (Phi) is 4.33. The number of methoxy groups -OCH3 is 1. The molecule has 0 aliphatic carbocycles. The van der Waals surface area contributed by atoms with E-state index in [1.54, 1.807) is 12.1 Å². The third-order valence-electron chi connectivity index (χ3n) is 2.95. The minimum Gasteiger partial charge on any atom is -0.465 e. The highest BCUT2D eigenvalue weighted by Crippen LogP contribution is 2.29. The molecule has 0 spiro atoms. The van der Waals surface area contributed by atoms with Crippen molar-refractivity contribution in [2.75, 3.05) is 12.8 Å². The first-order valence-electron chi connectivity index (χ1n) is 6.20. The Balaban J connectivity index is 2.34. The van der Waals surface area contributed by atoms with Gasteiger partial charge in [0, 0.05) is 11.1 Å².